The van der Waals surface area contributed by atoms with E-state index in [2.05, 4.69) is 11.9 Å². The largest absolute Gasteiger partial charge is 0.490 e. The van der Waals surface area contributed by atoms with Crippen molar-refractivity contribution in [2.24, 2.45) is 5.92 Å². The van der Waals surface area contributed by atoms with Crippen LogP contribution < -0.4 is 10.5 Å². The Hall–Kier alpha value is -1.75. The van der Waals surface area contributed by atoms with Gasteiger partial charge in [-0.15, -0.1) is 0 Å². The van der Waals surface area contributed by atoms with Crippen LogP contribution >= 0.6 is 0 Å². The van der Waals surface area contributed by atoms with Crippen LogP contribution in [0.3, 0.4) is 0 Å². The standard InChI is InChI=1S/C18H27N3O2/c1-20-10-6-14(7-11-20)18(22)21-12-8-17(9-13-21)23-16-4-2-15(19)3-5-16/h2-5,14,17H,6-13,19H2,1H3. The Morgan fingerprint density at radius 3 is 2.26 bits per heavy atom. The normalized spacial score (nSPS) is 21.3. The highest BCUT2D eigenvalue weighted by atomic mass is 16.5. The molecule has 1 amide bonds. The molecule has 0 atom stereocenters. The molecular weight excluding hydrogens is 290 g/mol. The van der Waals surface area contributed by atoms with Gasteiger partial charge in [-0.05, 0) is 57.2 Å². The van der Waals surface area contributed by atoms with E-state index in [4.69, 9.17) is 10.5 Å². The van der Waals surface area contributed by atoms with E-state index in [1.54, 1.807) is 0 Å². The number of ether oxygens (including phenoxy) is 1. The van der Waals surface area contributed by atoms with Crippen LogP contribution in [-0.4, -0.2) is 55.0 Å². The molecular formula is C18H27N3O2. The van der Waals surface area contributed by atoms with Crippen molar-refractivity contribution < 1.29 is 9.53 Å². The number of rotatable bonds is 3. The molecule has 0 aliphatic carbocycles. The smallest absolute Gasteiger partial charge is 0.225 e. The second kappa shape index (κ2) is 7.21. The Kier molecular flexibility index (Phi) is 5.06. The van der Waals surface area contributed by atoms with Gasteiger partial charge in [0.2, 0.25) is 5.91 Å². The molecule has 1 aromatic rings. The van der Waals surface area contributed by atoms with Gasteiger partial charge >= 0.3 is 0 Å². The fourth-order valence-electron chi connectivity index (χ4n) is 3.45. The average molecular weight is 317 g/mol. The molecule has 126 valence electrons. The summed E-state index contributed by atoms with van der Waals surface area (Å²) in [4.78, 5) is 17.0. The molecule has 2 heterocycles. The second-order valence-electron chi connectivity index (χ2n) is 6.79. The van der Waals surface area contributed by atoms with Gasteiger partial charge in [0.05, 0.1) is 0 Å². The summed E-state index contributed by atoms with van der Waals surface area (Å²) < 4.78 is 6.00. The van der Waals surface area contributed by atoms with Crippen molar-refractivity contribution in [3.8, 4) is 5.75 Å². The molecule has 5 heteroatoms. The van der Waals surface area contributed by atoms with E-state index in [1.807, 2.05) is 29.2 Å². The number of nitrogen functional groups attached to an aromatic ring is 1. The van der Waals surface area contributed by atoms with Crippen molar-refractivity contribution in [1.82, 2.24) is 9.80 Å². The zero-order valence-electron chi connectivity index (χ0n) is 13.9. The van der Waals surface area contributed by atoms with E-state index in [-0.39, 0.29) is 12.0 Å². The number of carbonyl (C=O) groups excluding carboxylic acids is 1. The number of benzene rings is 1. The summed E-state index contributed by atoms with van der Waals surface area (Å²) in [5, 5.41) is 0. The molecule has 3 rings (SSSR count). The number of likely N-dealkylation sites (tertiary alicyclic amines) is 2. The minimum atomic E-state index is 0.195. The van der Waals surface area contributed by atoms with Crippen LogP contribution in [0.15, 0.2) is 24.3 Å². The number of hydrogen-bond donors (Lipinski definition) is 1. The molecule has 0 aromatic heterocycles. The molecule has 0 spiro atoms. The topological polar surface area (TPSA) is 58.8 Å². The predicted molar refractivity (Wildman–Crippen MR) is 91.3 cm³/mol. The highest BCUT2D eigenvalue weighted by Crippen LogP contribution is 2.23. The number of nitrogens with two attached hydrogens (primary N) is 1. The first kappa shape index (κ1) is 16.1. The van der Waals surface area contributed by atoms with Gasteiger partial charge in [0.25, 0.3) is 0 Å². The Morgan fingerprint density at radius 2 is 1.65 bits per heavy atom. The Balaban J connectivity index is 1.46. The van der Waals surface area contributed by atoms with Crippen LogP contribution in [0.2, 0.25) is 0 Å². The molecule has 2 aliphatic heterocycles. The lowest BCUT2D eigenvalue weighted by Crippen LogP contribution is -2.46. The second-order valence-corrected chi connectivity index (χ2v) is 6.79. The zero-order valence-corrected chi connectivity index (χ0v) is 13.9. The third kappa shape index (κ3) is 4.16. The molecule has 2 fully saturated rings. The summed E-state index contributed by atoms with van der Waals surface area (Å²) in [5.74, 6) is 1.43. The van der Waals surface area contributed by atoms with Gasteiger partial charge in [0.15, 0.2) is 0 Å². The van der Waals surface area contributed by atoms with Crippen LogP contribution in [-0.2, 0) is 4.79 Å². The summed E-state index contributed by atoms with van der Waals surface area (Å²) >= 11 is 0. The molecule has 0 bridgehead atoms. The molecule has 2 N–H and O–H groups in total. The quantitative estimate of drug-likeness (QED) is 0.866. The molecule has 1 aromatic carbocycles. The van der Waals surface area contributed by atoms with Crippen LogP contribution in [0.4, 0.5) is 5.69 Å². The zero-order chi connectivity index (χ0) is 16.2. The lowest BCUT2D eigenvalue weighted by atomic mass is 9.94. The van der Waals surface area contributed by atoms with E-state index >= 15 is 0 Å². The summed E-state index contributed by atoms with van der Waals surface area (Å²) in [5.41, 5.74) is 6.43. The van der Waals surface area contributed by atoms with Crippen molar-refractivity contribution in [2.45, 2.75) is 31.8 Å². The average Bonchev–Trinajstić information content (AvgIpc) is 2.58. The minimum Gasteiger partial charge on any atom is -0.490 e. The molecule has 2 aliphatic rings. The predicted octanol–water partition coefficient (Wildman–Crippen LogP) is 1.98. The minimum absolute atomic E-state index is 0.195. The lowest BCUT2D eigenvalue weighted by Gasteiger charge is -2.36. The van der Waals surface area contributed by atoms with Crippen molar-refractivity contribution in [1.29, 1.82) is 0 Å². The Labute approximate surface area is 138 Å². The highest BCUT2D eigenvalue weighted by Gasteiger charge is 2.30. The van der Waals surface area contributed by atoms with Gasteiger partial charge in [-0.1, -0.05) is 0 Å². The van der Waals surface area contributed by atoms with E-state index in [0.29, 0.717) is 5.91 Å². The first-order valence-electron chi connectivity index (χ1n) is 8.61. The maximum atomic E-state index is 12.6. The number of piperidine rings is 2. The molecule has 5 nitrogen and oxygen atoms in total. The summed E-state index contributed by atoms with van der Waals surface area (Å²) in [7, 11) is 2.13. The first-order valence-corrected chi connectivity index (χ1v) is 8.61. The van der Waals surface area contributed by atoms with Gasteiger partial charge in [0.1, 0.15) is 11.9 Å². The fourth-order valence-corrected chi connectivity index (χ4v) is 3.45. The molecule has 0 saturated carbocycles. The van der Waals surface area contributed by atoms with Crippen molar-refractivity contribution in [2.75, 3.05) is 39.0 Å². The van der Waals surface area contributed by atoms with Gasteiger partial charge in [0, 0.05) is 37.5 Å². The third-order valence-corrected chi connectivity index (χ3v) is 5.00. The van der Waals surface area contributed by atoms with Crippen LogP contribution in [0.25, 0.3) is 0 Å². The van der Waals surface area contributed by atoms with Crippen LogP contribution in [0, 0.1) is 5.92 Å². The number of nitrogens with zero attached hydrogens (tertiary/aromatic N) is 2. The summed E-state index contributed by atoms with van der Waals surface area (Å²) in [6, 6.07) is 7.53. The van der Waals surface area contributed by atoms with Gasteiger partial charge in [-0.25, -0.2) is 0 Å². The summed E-state index contributed by atoms with van der Waals surface area (Å²) in [6.45, 7) is 3.69. The third-order valence-electron chi connectivity index (χ3n) is 5.00. The van der Waals surface area contributed by atoms with E-state index in [0.717, 1.165) is 63.3 Å². The van der Waals surface area contributed by atoms with E-state index < -0.39 is 0 Å². The first-order chi connectivity index (χ1) is 11.1. The van der Waals surface area contributed by atoms with Gasteiger partial charge in [-0.3, -0.25) is 4.79 Å². The van der Waals surface area contributed by atoms with Crippen molar-refractivity contribution in [3.63, 3.8) is 0 Å². The maximum Gasteiger partial charge on any atom is 0.225 e. The monoisotopic (exact) mass is 317 g/mol. The van der Waals surface area contributed by atoms with Crippen molar-refractivity contribution in [3.05, 3.63) is 24.3 Å². The van der Waals surface area contributed by atoms with Crippen LogP contribution in [0.1, 0.15) is 25.7 Å². The molecule has 0 unspecified atom stereocenters. The number of anilines is 1. The highest BCUT2D eigenvalue weighted by molar-refractivity contribution is 5.79. The fraction of sp³-hybridized carbons (Fsp3) is 0.611. The Bertz CT molecular complexity index is 516. The number of amides is 1. The number of carbonyl (C=O) groups is 1. The maximum absolute atomic E-state index is 12.6. The van der Waals surface area contributed by atoms with Gasteiger partial charge < -0.3 is 20.3 Å². The molecule has 23 heavy (non-hydrogen) atoms. The summed E-state index contributed by atoms with van der Waals surface area (Å²) in [6.07, 6.45) is 4.00. The van der Waals surface area contributed by atoms with E-state index in [1.165, 1.54) is 0 Å². The molecule has 0 radical (unpaired) electrons. The lowest BCUT2D eigenvalue weighted by molar-refractivity contribution is -0.138. The van der Waals surface area contributed by atoms with E-state index in [9.17, 15) is 4.79 Å². The van der Waals surface area contributed by atoms with Gasteiger partial charge in [-0.2, -0.15) is 0 Å². The van der Waals surface area contributed by atoms with Crippen molar-refractivity contribution >= 4 is 11.6 Å². The van der Waals surface area contributed by atoms with Crippen LogP contribution in [0.5, 0.6) is 5.75 Å². The molecule has 2 saturated heterocycles. The number of hydrogen-bond acceptors (Lipinski definition) is 4. The Morgan fingerprint density at radius 1 is 1.04 bits per heavy atom. The SMILES string of the molecule is CN1CCC(C(=O)N2CCC(Oc3ccc(N)cc3)CC2)CC1.